The predicted octanol–water partition coefficient (Wildman–Crippen LogP) is 5.66. The molecule has 2 N–H and O–H groups in total. The minimum atomic E-state index is -1.03. The fourth-order valence-electron chi connectivity index (χ4n) is 11.1. The molecule has 5 fully saturated rings. The number of nitrogens with one attached hydrogen (secondary N) is 2. The second kappa shape index (κ2) is 15.1. The van der Waals surface area contributed by atoms with Crippen LogP contribution in [0, 0.1) is 40.4 Å². The first kappa shape index (κ1) is 40.0. The average molecular weight is 828 g/mol. The summed E-state index contributed by atoms with van der Waals surface area (Å²) in [6, 6.07) is 10.6. The van der Waals surface area contributed by atoms with Crippen LogP contribution in [-0.4, -0.2) is 105 Å². The van der Waals surface area contributed by atoms with Crippen LogP contribution in [0.25, 0.3) is 33.4 Å². The molecule has 4 aliphatic heterocycles. The first-order valence-corrected chi connectivity index (χ1v) is 22.3. The summed E-state index contributed by atoms with van der Waals surface area (Å²) in [6.45, 7) is 11.3. The van der Waals surface area contributed by atoms with Crippen LogP contribution in [0.4, 0.5) is 0 Å². The van der Waals surface area contributed by atoms with Gasteiger partial charge in [0.1, 0.15) is 30.1 Å². The van der Waals surface area contributed by atoms with Gasteiger partial charge in [-0.3, -0.25) is 34.2 Å². The van der Waals surface area contributed by atoms with Crippen molar-refractivity contribution in [2.75, 3.05) is 39.8 Å². The van der Waals surface area contributed by atoms with E-state index in [1.165, 1.54) is 5.01 Å². The van der Waals surface area contributed by atoms with E-state index >= 15 is 0 Å². The fraction of sp³-hybridized carbons (Fsp3) is 0.574. The molecule has 3 aromatic heterocycles. The van der Waals surface area contributed by atoms with E-state index in [1.807, 2.05) is 12.3 Å². The summed E-state index contributed by atoms with van der Waals surface area (Å²) in [7, 11) is 2.14. The minimum absolute atomic E-state index is 0.0116. The van der Waals surface area contributed by atoms with E-state index < -0.39 is 29.5 Å². The zero-order valence-corrected chi connectivity index (χ0v) is 35.9. The molecule has 1 aromatic carbocycles. The number of esters is 1. The highest BCUT2D eigenvalue weighted by atomic mass is 16.5. The smallest absolute Gasteiger partial charge is 0.324 e. The Morgan fingerprint density at radius 1 is 1.07 bits per heavy atom. The molecular formula is C47H57N9O5. The molecule has 0 radical (unpaired) electrons. The van der Waals surface area contributed by atoms with E-state index in [2.05, 4.69) is 95.2 Å². The molecule has 8 atom stereocenters. The molecule has 6 aliphatic rings. The van der Waals surface area contributed by atoms with Crippen molar-refractivity contribution in [3.8, 4) is 28.6 Å². The Kier molecular flexibility index (Phi) is 9.88. The van der Waals surface area contributed by atoms with Crippen molar-refractivity contribution >= 4 is 28.7 Å². The van der Waals surface area contributed by atoms with Crippen LogP contribution in [0.2, 0.25) is 0 Å². The van der Waals surface area contributed by atoms with Crippen molar-refractivity contribution in [2.45, 2.75) is 102 Å². The number of nitrogens with zero attached hydrogens (tertiary/aromatic N) is 7. The number of pyridine rings is 1. The first-order chi connectivity index (χ1) is 29.3. The quantitative estimate of drug-likeness (QED) is 0.239. The van der Waals surface area contributed by atoms with Gasteiger partial charge in [-0.2, -0.15) is 5.26 Å². The number of carbonyl (C=O) groups is 3. The van der Waals surface area contributed by atoms with E-state index in [9.17, 15) is 19.6 Å². The van der Waals surface area contributed by atoms with Gasteiger partial charge in [0.15, 0.2) is 0 Å². The number of aromatic nitrogens is 3. The number of hydrogen-bond donors (Lipinski definition) is 2. The molecule has 2 saturated carbocycles. The Balaban J connectivity index is 1.13. The highest BCUT2D eigenvalue weighted by Crippen LogP contribution is 2.48. The summed E-state index contributed by atoms with van der Waals surface area (Å²) in [5, 5.41) is 15.7. The lowest BCUT2D eigenvalue weighted by molar-refractivity contribution is -0.160. The summed E-state index contributed by atoms with van der Waals surface area (Å²) < 4.78 is 15.1. The van der Waals surface area contributed by atoms with Gasteiger partial charge < -0.3 is 19.0 Å². The number of cyclic esters (lactones) is 1. The summed E-state index contributed by atoms with van der Waals surface area (Å²) in [6.07, 6.45) is 10.6. The van der Waals surface area contributed by atoms with E-state index in [-0.39, 0.29) is 53.7 Å². The number of hydrazine groups is 1. The fourth-order valence-corrected chi connectivity index (χ4v) is 11.1. The predicted molar refractivity (Wildman–Crippen MR) is 227 cm³/mol. The van der Waals surface area contributed by atoms with Crippen molar-refractivity contribution in [3.05, 3.63) is 60.4 Å². The molecular weight excluding hydrogens is 771 g/mol. The number of carbonyl (C=O) groups excluding carboxylic acids is 3. The van der Waals surface area contributed by atoms with E-state index in [0.717, 1.165) is 65.5 Å². The number of rotatable bonds is 5. The van der Waals surface area contributed by atoms with Crippen LogP contribution in [-0.2, 0) is 25.5 Å². The number of nitriles is 1. The molecule has 1 spiro atoms. The zero-order chi connectivity index (χ0) is 42.4. The molecule has 14 nitrogen and oxygen atoms in total. The van der Waals surface area contributed by atoms with Gasteiger partial charge in [0.25, 0.3) is 5.91 Å². The normalized spacial score (nSPS) is 31.2. The van der Waals surface area contributed by atoms with Crippen molar-refractivity contribution < 1.29 is 23.5 Å². The van der Waals surface area contributed by atoms with Crippen molar-refractivity contribution in [3.63, 3.8) is 0 Å². The molecule has 2 amide bonds. The average Bonchev–Trinajstić information content (AvgIpc) is 3.71. The number of likely N-dealkylation sites (N-methyl/N-ethyl adjacent to an activating group) is 1. The number of fused-ring (bicyclic) bond motifs is 6. The van der Waals surface area contributed by atoms with Crippen molar-refractivity contribution in [1.82, 2.24) is 40.1 Å². The van der Waals surface area contributed by atoms with Crippen LogP contribution in [0.15, 0.2) is 53.4 Å². The van der Waals surface area contributed by atoms with Crippen molar-refractivity contribution in [1.29, 1.82) is 5.26 Å². The standard InChI is InChI=1S/C47H57N9O5/c1-27-28(2)38(27)42(57)51-39-41(54-24-47(25-54)14-17-53(47)5)43-50-36(23-60-43)30-11-13-37-33(19-30)34(20-46(3,4)26-61-45(59)35-9-7-16-55(52-35)44(39)58)40(31-8-6-15-49-22-31)56(37)32-12-10-29(18-32)21-48/h6,8,11,13,15,19,22-23,27-29,32,35,38-39,41,52H,7,9-10,12,14,16-18,20,24-26H2,1-5H3,(H,51,57)/t27-,28+,29-,32-,35+,38?,39+,41+/m1/s1. The van der Waals surface area contributed by atoms with E-state index in [0.29, 0.717) is 50.5 Å². The van der Waals surface area contributed by atoms with Crippen LogP contribution in [0.3, 0.4) is 0 Å². The summed E-state index contributed by atoms with van der Waals surface area (Å²) >= 11 is 0. The summed E-state index contributed by atoms with van der Waals surface area (Å²) in [4.78, 5) is 57.3. The molecule has 7 heterocycles. The minimum Gasteiger partial charge on any atom is -0.464 e. The van der Waals surface area contributed by atoms with Crippen LogP contribution < -0.4 is 10.7 Å². The first-order valence-electron chi connectivity index (χ1n) is 22.3. The van der Waals surface area contributed by atoms with Gasteiger partial charge in [-0.05, 0) is 93.7 Å². The monoisotopic (exact) mass is 827 g/mol. The van der Waals surface area contributed by atoms with Gasteiger partial charge in [-0.25, -0.2) is 10.4 Å². The Morgan fingerprint density at radius 2 is 1.89 bits per heavy atom. The maximum Gasteiger partial charge on any atom is 0.324 e. The molecule has 3 saturated heterocycles. The van der Waals surface area contributed by atoms with Gasteiger partial charge in [-0.1, -0.05) is 33.8 Å². The number of benzene rings is 1. The third-order valence-corrected chi connectivity index (χ3v) is 15.2. The maximum atomic E-state index is 15.0. The molecule has 10 rings (SSSR count). The Morgan fingerprint density at radius 3 is 2.57 bits per heavy atom. The largest absolute Gasteiger partial charge is 0.464 e. The molecule has 6 bridgehead atoms. The third-order valence-electron chi connectivity index (χ3n) is 15.2. The molecule has 61 heavy (non-hydrogen) atoms. The van der Waals surface area contributed by atoms with Crippen LogP contribution in [0.5, 0.6) is 0 Å². The van der Waals surface area contributed by atoms with Gasteiger partial charge >= 0.3 is 5.97 Å². The molecule has 4 aromatic rings. The molecule has 320 valence electrons. The molecule has 1 unspecified atom stereocenters. The third kappa shape index (κ3) is 6.93. The van der Waals surface area contributed by atoms with Gasteiger partial charge in [0.05, 0.1) is 18.4 Å². The van der Waals surface area contributed by atoms with Crippen molar-refractivity contribution in [2.24, 2.45) is 29.1 Å². The molecule has 14 heteroatoms. The second-order valence-corrected chi connectivity index (χ2v) is 19.8. The number of hydrogen-bond acceptors (Lipinski definition) is 11. The van der Waals surface area contributed by atoms with Crippen LogP contribution in [0.1, 0.15) is 89.8 Å². The number of amides is 2. The zero-order valence-electron chi connectivity index (χ0n) is 35.9. The molecule has 2 aliphatic carbocycles. The van der Waals surface area contributed by atoms with E-state index in [4.69, 9.17) is 14.1 Å². The maximum absolute atomic E-state index is 15.0. The van der Waals surface area contributed by atoms with E-state index in [1.54, 1.807) is 12.5 Å². The number of likely N-dealkylation sites (tertiary alicyclic amines) is 2. The lowest BCUT2D eigenvalue weighted by Crippen LogP contribution is -2.77. The van der Waals surface area contributed by atoms with Gasteiger partial charge in [0.2, 0.25) is 11.8 Å². The highest BCUT2D eigenvalue weighted by molar-refractivity contribution is 5.95. The lowest BCUT2D eigenvalue weighted by atomic mass is 9.76. The Hall–Kier alpha value is -5.10. The lowest BCUT2D eigenvalue weighted by Gasteiger charge is -2.63. The number of ether oxygens (including phenoxy) is 1. The van der Waals surface area contributed by atoms with Crippen LogP contribution >= 0.6 is 0 Å². The Labute approximate surface area is 356 Å². The highest BCUT2D eigenvalue weighted by Gasteiger charge is 2.57. The van der Waals surface area contributed by atoms with Gasteiger partial charge in [0, 0.05) is 89.4 Å². The van der Waals surface area contributed by atoms with Gasteiger partial charge in [-0.15, -0.1) is 0 Å². The number of oxazole rings is 1. The SMILES string of the molecule is C[C@@H]1C(C(=O)N[C@@H]2C(=O)N3CCC[C@H](N3)C(=O)OCC(C)(C)Cc3c(-c4cccnc4)n([C@@H]4CC[C@@H](C#N)C4)c4ccc(cc34)-c3coc(n3)[C@H]2N2CC3(CCN3C)C2)[C@@H]1C. The summed E-state index contributed by atoms with van der Waals surface area (Å²) in [5.74, 6) is -0.321. The second-order valence-electron chi connectivity index (χ2n) is 19.8. The topological polar surface area (TPSA) is 162 Å². The Bertz CT molecular complexity index is 2400. The summed E-state index contributed by atoms with van der Waals surface area (Å²) in [5.41, 5.74) is 8.47.